The normalized spacial score (nSPS) is 12.2. The quantitative estimate of drug-likeness (QED) is 0.118. The Morgan fingerprint density at radius 3 is 2.15 bits per heavy atom. The van der Waals surface area contributed by atoms with E-state index < -0.39 is 19.2 Å². The Hall–Kier alpha value is -5.92. The van der Waals surface area contributed by atoms with Crippen molar-refractivity contribution in [3.05, 3.63) is 193 Å². The van der Waals surface area contributed by atoms with Gasteiger partial charge in [0.05, 0.1) is 22.4 Å². The molecule has 7 heteroatoms. The number of para-hydroxylation sites is 2. The van der Waals surface area contributed by atoms with Crippen LogP contribution in [-0.4, -0.2) is 27.8 Å². The van der Waals surface area contributed by atoms with Crippen LogP contribution < -0.4 is 4.40 Å². The van der Waals surface area contributed by atoms with Crippen LogP contribution in [0.4, 0.5) is 4.39 Å². The van der Waals surface area contributed by atoms with Crippen molar-refractivity contribution in [1.82, 2.24) is 14.5 Å². The van der Waals surface area contributed by atoms with Crippen molar-refractivity contribution in [2.75, 3.05) is 0 Å². The van der Waals surface area contributed by atoms with Gasteiger partial charge in [0.1, 0.15) is 11.4 Å². The van der Waals surface area contributed by atoms with Gasteiger partial charge in [-0.05, 0) is 64.6 Å². The molecule has 7 aromatic carbocycles. The first-order chi connectivity index (χ1) is 31.0. The molecule has 0 unspecified atom stereocenters. The Bertz CT molecular complexity index is 3320. The first-order valence-corrected chi connectivity index (χ1v) is 29.2. The van der Waals surface area contributed by atoms with Crippen molar-refractivity contribution in [3.8, 4) is 50.6 Å². The fourth-order valence-corrected chi connectivity index (χ4v) is 11.8. The van der Waals surface area contributed by atoms with Crippen LogP contribution in [-0.2, 0) is 25.5 Å². The fraction of sp³-hybridized carbons (Fsp3) is 0.172. The monoisotopic (exact) mass is 1090 g/mol. The van der Waals surface area contributed by atoms with Crippen LogP contribution in [0.15, 0.2) is 168 Å². The average molecular weight is 1090 g/mol. The zero-order valence-corrected chi connectivity index (χ0v) is 42.5. The molecule has 0 aliphatic heterocycles. The minimum absolute atomic E-state index is 0. The van der Waals surface area contributed by atoms with E-state index in [0.717, 1.165) is 83.6 Å². The third kappa shape index (κ3) is 9.31. The van der Waals surface area contributed by atoms with Gasteiger partial charge in [-0.3, -0.25) is 4.98 Å². The van der Waals surface area contributed by atoms with Crippen molar-refractivity contribution < 1.29 is 30.3 Å². The van der Waals surface area contributed by atoms with E-state index >= 15 is 0 Å². The first kappa shape index (κ1) is 44.3. The van der Waals surface area contributed by atoms with Crippen molar-refractivity contribution in [3.63, 3.8) is 0 Å². The molecule has 10 aromatic rings. The van der Waals surface area contributed by atoms with Gasteiger partial charge in [0.15, 0.2) is 0 Å². The second-order valence-electron chi connectivity index (χ2n) is 18.7. The smallest absolute Gasteiger partial charge is 0 e. The summed E-state index contributed by atoms with van der Waals surface area (Å²) in [6.07, 6.45) is 2.02. The van der Waals surface area contributed by atoms with Crippen molar-refractivity contribution in [2.45, 2.75) is 63.2 Å². The Balaban J connectivity index is 0.000000192. The molecule has 327 valence electrons. The first-order valence-electron chi connectivity index (χ1n) is 22.3. The Morgan fingerprint density at radius 2 is 1.45 bits per heavy atom. The largest absolute Gasteiger partial charge is 0 e. The zero-order valence-electron chi connectivity index (χ0n) is 39.0. The molecule has 0 spiro atoms. The van der Waals surface area contributed by atoms with Crippen molar-refractivity contribution in [2.24, 2.45) is 0 Å². The molecule has 0 amide bonds. The Labute approximate surface area is 399 Å². The predicted molar refractivity (Wildman–Crippen MR) is 268 cm³/mol. The second kappa shape index (κ2) is 18.5. The molecule has 0 atom stereocenters. The summed E-state index contributed by atoms with van der Waals surface area (Å²) in [4.78, 5) is 9.83. The molecule has 0 bridgehead atoms. The van der Waals surface area contributed by atoms with E-state index in [2.05, 4.69) is 128 Å². The summed E-state index contributed by atoms with van der Waals surface area (Å²) in [5, 5.41) is 1.96. The van der Waals surface area contributed by atoms with Gasteiger partial charge in [0, 0.05) is 31.2 Å². The summed E-state index contributed by atoms with van der Waals surface area (Å²) in [5.41, 5.74) is 13.8. The van der Waals surface area contributed by atoms with E-state index in [0.29, 0.717) is 0 Å². The molecule has 0 N–H and O–H groups in total. The molecule has 3 aromatic heterocycles. The van der Waals surface area contributed by atoms with Crippen LogP contribution >= 0.6 is 0 Å². The van der Waals surface area contributed by atoms with E-state index in [1.807, 2.05) is 80.7 Å². The number of fused-ring (bicyclic) bond motifs is 4. The van der Waals surface area contributed by atoms with E-state index in [-0.39, 0.29) is 31.3 Å². The van der Waals surface area contributed by atoms with E-state index in [9.17, 15) is 4.39 Å². The topological polar surface area (TPSA) is 43.9 Å². The molecule has 0 fully saturated rings. The van der Waals surface area contributed by atoms with Gasteiger partial charge in [-0.2, -0.15) is 0 Å². The molecule has 10 rings (SSSR count). The molecular weight excluding hydrogens is 1040 g/mol. The number of aromatic nitrogens is 3. The van der Waals surface area contributed by atoms with E-state index in [1.165, 1.54) is 27.7 Å². The number of imidazole rings is 1. The van der Waals surface area contributed by atoms with Crippen molar-refractivity contribution >= 4 is 50.6 Å². The van der Waals surface area contributed by atoms with Crippen LogP contribution in [0.25, 0.3) is 83.6 Å². The molecule has 65 heavy (non-hydrogen) atoms. The number of rotatable bonds is 7. The van der Waals surface area contributed by atoms with Gasteiger partial charge in [0.25, 0.3) is 0 Å². The molecule has 0 saturated heterocycles. The molecule has 0 saturated carbocycles. The number of halogens is 1. The van der Waals surface area contributed by atoms with Crippen LogP contribution in [0.2, 0.25) is 17.3 Å². The summed E-state index contributed by atoms with van der Waals surface area (Å²) in [6, 6.07) is 58.8. The second-order valence-corrected chi connectivity index (χ2v) is 29.2. The van der Waals surface area contributed by atoms with Gasteiger partial charge in [0.2, 0.25) is 0 Å². The van der Waals surface area contributed by atoms with E-state index in [4.69, 9.17) is 15.8 Å². The van der Waals surface area contributed by atoms with Gasteiger partial charge in [-0.1, -0.05) is 80.3 Å². The minimum atomic E-state index is -2.10. The summed E-state index contributed by atoms with van der Waals surface area (Å²) in [7, 11) is 0. The summed E-state index contributed by atoms with van der Waals surface area (Å²) in [5.74, 6) is 6.95. The van der Waals surface area contributed by atoms with Crippen LogP contribution in [0.1, 0.15) is 53.0 Å². The number of furan rings is 1. The Morgan fingerprint density at radius 1 is 0.738 bits per heavy atom. The summed E-state index contributed by atoms with van der Waals surface area (Å²) >= 11 is -2.10. The number of hydrogen-bond donors (Lipinski definition) is 0. The number of benzene rings is 7. The van der Waals surface area contributed by atoms with Gasteiger partial charge < -0.3 is 8.98 Å². The molecule has 1 radical (unpaired) electrons. The fourth-order valence-electron chi connectivity index (χ4n) is 8.43. The summed E-state index contributed by atoms with van der Waals surface area (Å²) < 4.78 is 32.3. The maximum absolute atomic E-state index is 13.7. The van der Waals surface area contributed by atoms with Crippen LogP contribution in [0, 0.1) is 17.9 Å². The van der Waals surface area contributed by atoms with Crippen molar-refractivity contribution in [1.29, 1.82) is 0 Å². The molecule has 3 heterocycles. The predicted octanol–water partition coefficient (Wildman–Crippen LogP) is 15.4. The van der Waals surface area contributed by atoms with Crippen LogP contribution in [0.3, 0.4) is 0 Å². The van der Waals surface area contributed by atoms with Gasteiger partial charge >= 0.3 is 156 Å². The maximum Gasteiger partial charge on any atom is 0 e. The minimum Gasteiger partial charge on any atom is 0 e. The molecule has 0 aliphatic rings. The number of nitrogens with zero attached hydrogens (tertiary/aromatic N) is 3. The third-order valence-electron chi connectivity index (χ3n) is 11.8. The standard InChI is InChI=1S/C35H26FN2O.C23H26GeN.Ir/c1-35(2,3)23-16-20-25(21-17-23)38-30-12-5-4-11-29(30)37-34(38)28-10-6-9-27-32-26(22-14-18-24(36)19-15-22)8-7-13-31(32)39-33(27)28;1-17(2)21-15-23(25-16-22(21)24(3,4)5)20-13-9-12-19(14-20)18-10-7-6-8-11-18;/h4-9,11-21H,1-3H3;6-12,14-17H,1-5H3;/q2*-1;/i;17D;. The average Bonchev–Trinajstić information content (AvgIpc) is 3.88. The summed E-state index contributed by atoms with van der Waals surface area (Å²) in [6.45, 7) is 10.6. The van der Waals surface area contributed by atoms with Gasteiger partial charge in [-0.15, -0.1) is 18.2 Å². The van der Waals surface area contributed by atoms with Gasteiger partial charge in [-0.25, -0.2) is 4.39 Å². The third-order valence-corrected chi connectivity index (χ3v) is 16.0. The molecule has 4 nitrogen and oxygen atoms in total. The number of pyridine rings is 1. The molecule has 0 aliphatic carbocycles. The SMILES string of the molecule is CC(C)(C)c1ccc(-n2c(-c3[c-]ccc4c3oc3cccc(-c5ccc(F)cc5)c34)nc3ccccc32)cc1.[2H]C(C)(C)c1cc(-c2[c-]ccc(-c3ccccc3)c2)nc[c]1[Ge]([CH3])([CH3])[CH3].[Ir]. The number of hydrogen-bond acceptors (Lipinski definition) is 3. The Kier molecular flexibility index (Phi) is 12.6. The van der Waals surface area contributed by atoms with E-state index in [1.54, 1.807) is 12.1 Å². The maximum atomic E-state index is 13.7. The van der Waals surface area contributed by atoms with Crippen LogP contribution in [0.5, 0.6) is 0 Å². The molecular formula is C58H52FGeIrN3O-2. The zero-order chi connectivity index (χ0) is 45.7.